The maximum atomic E-state index is 10.3. The topological polar surface area (TPSA) is 171 Å². The molecule has 0 aliphatic heterocycles. The van der Waals surface area contributed by atoms with Crippen LogP contribution in [0.5, 0.6) is 0 Å². The van der Waals surface area contributed by atoms with Gasteiger partial charge in [-0.3, -0.25) is 9.59 Å². The van der Waals surface area contributed by atoms with Gasteiger partial charge in [0.2, 0.25) is 0 Å². The number of carboxylic acids is 3. The molecule has 1 rings (SSSR count). The second kappa shape index (κ2) is 7.01. The number of anilines is 1. The van der Waals surface area contributed by atoms with Crippen LogP contribution >= 0.6 is 0 Å². The number of nitrogen functional groups attached to an aromatic ring is 1. The molecule has 19 heavy (non-hydrogen) atoms. The number of aliphatic hydroxyl groups is 1. The van der Waals surface area contributed by atoms with Crippen LogP contribution in [-0.4, -0.2) is 43.9 Å². The third kappa shape index (κ3) is 6.68. The van der Waals surface area contributed by atoms with E-state index in [0.717, 1.165) is 0 Å². The first-order valence-electron chi connectivity index (χ1n) is 4.85. The molecule has 9 nitrogen and oxygen atoms in total. The Kier molecular flexibility index (Phi) is 6.07. The lowest BCUT2D eigenvalue weighted by Gasteiger charge is -2.18. The molecule has 1 aromatic rings. The molecule has 0 radical (unpaired) electrons. The van der Waals surface area contributed by atoms with Crippen LogP contribution in [0.1, 0.15) is 12.8 Å². The molecule has 0 fully saturated rings. The van der Waals surface area contributed by atoms with Crippen LogP contribution in [0.2, 0.25) is 0 Å². The number of hydrogen-bond donors (Lipinski definition) is 5. The first-order valence-corrected chi connectivity index (χ1v) is 4.85. The molecule has 0 saturated carbocycles. The second-order valence-electron chi connectivity index (χ2n) is 3.49. The van der Waals surface area contributed by atoms with Crippen LogP contribution in [-0.2, 0) is 14.4 Å². The molecule has 0 saturated heterocycles. The fourth-order valence-corrected chi connectivity index (χ4v) is 1.01. The molecule has 1 aromatic heterocycles. The van der Waals surface area contributed by atoms with Gasteiger partial charge in [-0.2, -0.15) is 0 Å². The smallest absolute Gasteiger partial charge is 0.336 e. The summed E-state index contributed by atoms with van der Waals surface area (Å²) in [6.45, 7) is 0. The van der Waals surface area contributed by atoms with E-state index in [0.29, 0.717) is 5.88 Å². The van der Waals surface area contributed by atoms with E-state index in [1.165, 1.54) is 6.26 Å². The van der Waals surface area contributed by atoms with E-state index in [1.807, 2.05) is 0 Å². The molecule has 1 heterocycles. The highest BCUT2D eigenvalue weighted by atomic mass is 16.4. The van der Waals surface area contributed by atoms with Crippen LogP contribution in [0.15, 0.2) is 22.8 Å². The summed E-state index contributed by atoms with van der Waals surface area (Å²) in [5.74, 6) is -4.55. The van der Waals surface area contributed by atoms with Crippen molar-refractivity contribution in [1.82, 2.24) is 0 Å². The zero-order chi connectivity index (χ0) is 15.1. The molecule has 0 spiro atoms. The summed E-state index contributed by atoms with van der Waals surface area (Å²) in [5, 5.41) is 33.8. The van der Waals surface area contributed by atoms with Crippen molar-refractivity contribution in [3.63, 3.8) is 0 Å². The van der Waals surface area contributed by atoms with Gasteiger partial charge in [0.1, 0.15) is 0 Å². The van der Waals surface area contributed by atoms with Gasteiger partial charge >= 0.3 is 17.9 Å². The van der Waals surface area contributed by atoms with Gasteiger partial charge in [0, 0.05) is 6.07 Å². The van der Waals surface area contributed by atoms with Crippen molar-refractivity contribution in [2.75, 3.05) is 5.73 Å². The van der Waals surface area contributed by atoms with Crippen molar-refractivity contribution in [3.05, 3.63) is 18.4 Å². The highest BCUT2D eigenvalue weighted by Gasteiger charge is 2.40. The zero-order valence-corrected chi connectivity index (χ0v) is 9.65. The first kappa shape index (κ1) is 16.4. The predicted octanol–water partition coefficient (Wildman–Crippen LogP) is -0.387. The van der Waals surface area contributed by atoms with Gasteiger partial charge < -0.3 is 30.6 Å². The SMILES string of the molecule is Nc1ccco1.O=C(O)CC(O)(CC(=O)O)C(=O)O. The van der Waals surface area contributed by atoms with Crippen molar-refractivity contribution in [1.29, 1.82) is 0 Å². The van der Waals surface area contributed by atoms with Crippen LogP contribution in [0.4, 0.5) is 5.88 Å². The Morgan fingerprint density at radius 3 is 1.79 bits per heavy atom. The standard InChI is InChI=1S/C6H8O7.C4H5NO/c7-3(8)1-6(13,5(11)12)2-4(9)10;5-4-2-1-3-6-4/h13H,1-2H2,(H,7,8)(H,9,10)(H,11,12);1-3H,5H2. The Hall–Kier alpha value is -2.55. The Bertz CT molecular complexity index is 422. The lowest BCUT2D eigenvalue weighted by atomic mass is 9.96. The number of nitrogens with two attached hydrogens (primary N) is 1. The molecular weight excluding hydrogens is 262 g/mol. The predicted molar refractivity (Wildman–Crippen MR) is 60.2 cm³/mol. The van der Waals surface area contributed by atoms with Gasteiger partial charge in [-0.15, -0.1) is 0 Å². The van der Waals surface area contributed by atoms with E-state index in [-0.39, 0.29) is 0 Å². The number of carbonyl (C=O) groups is 3. The van der Waals surface area contributed by atoms with Crippen molar-refractivity contribution in [2.24, 2.45) is 0 Å². The minimum absolute atomic E-state index is 0.468. The molecule has 0 unspecified atom stereocenters. The quantitative estimate of drug-likeness (QED) is 0.479. The van der Waals surface area contributed by atoms with Crippen molar-refractivity contribution >= 4 is 23.8 Å². The van der Waals surface area contributed by atoms with E-state index in [9.17, 15) is 14.4 Å². The summed E-state index contributed by atoms with van der Waals surface area (Å²) in [6, 6.07) is 3.44. The summed E-state index contributed by atoms with van der Waals surface area (Å²) in [4.78, 5) is 30.5. The van der Waals surface area contributed by atoms with Gasteiger partial charge in [-0.1, -0.05) is 0 Å². The molecular formula is C10H13NO8. The summed E-state index contributed by atoms with van der Waals surface area (Å²) >= 11 is 0. The zero-order valence-electron chi connectivity index (χ0n) is 9.65. The molecule has 0 aliphatic rings. The molecule has 0 aromatic carbocycles. The summed E-state index contributed by atoms with van der Waals surface area (Å²) in [6.07, 6.45) is -0.751. The van der Waals surface area contributed by atoms with E-state index < -0.39 is 36.4 Å². The summed E-state index contributed by atoms with van der Waals surface area (Å²) in [7, 11) is 0. The van der Waals surface area contributed by atoms with E-state index in [1.54, 1.807) is 12.1 Å². The van der Waals surface area contributed by atoms with Gasteiger partial charge in [0.15, 0.2) is 11.5 Å². The number of aliphatic carboxylic acids is 3. The third-order valence-corrected chi connectivity index (χ3v) is 1.83. The Morgan fingerprint density at radius 2 is 1.63 bits per heavy atom. The van der Waals surface area contributed by atoms with Crippen molar-refractivity contribution in [3.8, 4) is 0 Å². The monoisotopic (exact) mass is 275 g/mol. The average molecular weight is 275 g/mol. The Labute approximate surface area is 106 Å². The third-order valence-electron chi connectivity index (χ3n) is 1.83. The molecule has 0 aliphatic carbocycles. The number of furan rings is 1. The van der Waals surface area contributed by atoms with E-state index in [2.05, 4.69) is 4.42 Å². The summed E-state index contributed by atoms with van der Waals surface area (Å²) in [5.41, 5.74) is 2.37. The Balaban J connectivity index is 0.000000443. The van der Waals surface area contributed by atoms with Gasteiger partial charge in [0.05, 0.1) is 19.1 Å². The fourth-order valence-electron chi connectivity index (χ4n) is 1.01. The second-order valence-corrected chi connectivity index (χ2v) is 3.49. The minimum atomic E-state index is -2.74. The van der Waals surface area contributed by atoms with Crippen LogP contribution in [0.25, 0.3) is 0 Å². The van der Waals surface area contributed by atoms with Crippen LogP contribution < -0.4 is 5.73 Å². The van der Waals surface area contributed by atoms with E-state index in [4.69, 9.17) is 26.2 Å². The summed E-state index contributed by atoms with van der Waals surface area (Å²) < 4.78 is 4.61. The average Bonchev–Trinajstić information content (AvgIpc) is 2.67. The highest BCUT2D eigenvalue weighted by molar-refractivity contribution is 5.88. The molecule has 0 bridgehead atoms. The highest BCUT2D eigenvalue weighted by Crippen LogP contribution is 2.15. The molecule has 106 valence electrons. The van der Waals surface area contributed by atoms with Gasteiger partial charge in [-0.25, -0.2) is 4.79 Å². The maximum absolute atomic E-state index is 10.3. The first-order chi connectivity index (χ1) is 8.67. The van der Waals surface area contributed by atoms with E-state index >= 15 is 0 Å². The van der Waals surface area contributed by atoms with Gasteiger partial charge in [0.25, 0.3) is 0 Å². The normalized spacial score (nSPS) is 10.2. The largest absolute Gasteiger partial charge is 0.481 e. The lowest BCUT2D eigenvalue weighted by molar-refractivity contribution is -0.170. The molecule has 6 N–H and O–H groups in total. The molecule has 0 amide bonds. The molecule has 9 heteroatoms. The number of rotatable bonds is 5. The number of hydrogen-bond acceptors (Lipinski definition) is 6. The van der Waals surface area contributed by atoms with Gasteiger partial charge in [-0.05, 0) is 6.07 Å². The fraction of sp³-hybridized carbons (Fsp3) is 0.300. The Morgan fingerprint density at radius 1 is 1.16 bits per heavy atom. The van der Waals surface area contributed by atoms with Crippen molar-refractivity contribution in [2.45, 2.75) is 18.4 Å². The maximum Gasteiger partial charge on any atom is 0.336 e. The van der Waals surface area contributed by atoms with Crippen LogP contribution in [0.3, 0.4) is 0 Å². The molecule has 0 atom stereocenters. The van der Waals surface area contributed by atoms with Crippen molar-refractivity contribution < 1.29 is 39.2 Å². The minimum Gasteiger partial charge on any atom is -0.481 e. The number of carboxylic acid groups (broad SMARTS) is 3. The lowest BCUT2D eigenvalue weighted by Crippen LogP contribution is -2.42. The van der Waals surface area contributed by atoms with Crippen LogP contribution in [0, 0.1) is 0 Å².